The van der Waals surface area contributed by atoms with Crippen molar-refractivity contribution in [2.24, 2.45) is 5.92 Å². The fourth-order valence-corrected chi connectivity index (χ4v) is 6.28. The molecule has 0 spiro atoms. The smallest absolute Gasteiger partial charge is 0.407 e. The van der Waals surface area contributed by atoms with Crippen LogP contribution in [0.5, 0.6) is 0 Å². The molecule has 0 bridgehead atoms. The first-order chi connectivity index (χ1) is 21.8. The Bertz CT molecular complexity index is 1030. The number of ether oxygens (including phenoxy) is 3. The summed E-state index contributed by atoms with van der Waals surface area (Å²) in [6.07, 6.45) is 19.0. The van der Waals surface area contributed by atoms with Crippen molar-refractivity contribution in [2.45, 2.75) is 140 Å². The quantitative estimate of drug-likeness (QED) is 0.0607. The van der Waals surface area contributed by atoms with Crippen LogP contribution < -0.4 is 5.32 Å². The van der Waals surface area contributed by atoms with Gasteiger partial charge in [-0.25, -0.2) is 4.79 Å². The first-order valence-electron chi connectivity index (χ1n) is 17.4. The summed E-state index contributed by atoms with van der Waals surface area (Å²) in [5.41, 5.74) is 0.976. The van der Waals surface area contributed by atoms with Gasteiger partial charge in [0.05, 0.1) is 30.8 Å². The predicted molar refractivity (Wildman–Crippen MR) is 177 cm³/mol. The van der Waals surface area contributed by atoms with E-state index in [1.165, 1.54) is 82.8 Å². The standard InChI is InChI=1S/C35H59NO8S/c1-3-4-5-6-7-8-9-10-11-12-13-14-17-24-36-35(38)43-28-31-26-32(41-27-31)29-42-34(37)19-16-15-18-25-44-45(39,40)33-22-20-30(2)21-23-33/h20-23,31-32H,3-19,24-29H2,1-2H3,(H,36,38)/t31-,32+/m0/s1. The normalized spacial score (nSPS) is 16.5. The van der Waals surface area contributed by atoms with Crippen molar-refractivity contribution in [1.82, 2.24) is 5.32 Å². The Kier molecular flexibility index (Phi) is 20.9. The number of amides is 1. The molecule has 0 unspecified atom stereocenters. The Labute approximate surface area is 272 Å². The lowest BCUT2D eigenvalue weighted by Gasteiger charge is -2.11. The summed E-state index contributed by atoms with van der Waals surface area (Å²) in [7, 11) is -3.76. The average Bonchev–Trinajstić information content (AvgIpc) is 3.49. The molecule has 0 aliphatic carbocycles. The van der Waals surface area contributed by atoms with Crippen LogP contribution in [0.2, 0.25) is 0 Å². The first kappa shape index (κ1) is 39.0. The molecule has 1 aromatic rings. The third kappa shape index (κ3) is 19.2. The Balaban J connectivity index is 1.37. The maximum atomic E-state index is 12.2. The maximum absolute atomic E-state index is 12.2. The van der Waals surface area contributed by atoms with E-state index in [0.29, 0.717) is 38.8 Å². The molecule has 10 heteroatoms. The van der Waals surface area contributed by atoms with Crippen molar-refractivity contribution >= 4 is 22.2 Å². The minimum atomic E-state index is -3.76. The number of benzene rings is 1. The zero-order valence-electron chi connectivity index (χ0n) is 27.9. The average molecular weight is 654 g/mol. The third-order valence-corrected chi connectivity index (χ3v) is 9.49. The lowest BCUT2D eigenvalue weighted by molar-refractivity contribution is -0.147. The second-order valence-corrected chi connectivity index (χ2v) is 14.0. The second-order valence-electron chi connectivity index (χ2n) is 12.4. The van der Waals surface area contributed by atoms with Gasteiger partial charge in [-0.1, -0.05) is 108 Å². The van der Waals surface area contributed by atoms with Crippen LogP contribution in [0.15, 0.2) is 29.2 Å². The van der Waals surface area contributed by atoms with E-state index < -0.39 is 10.1 Å². The van der Waals surface area contributed by atoms with Crippen molar-refractivity contribution in [1.29, 1.82) is 0 Å². The Morgan fingerprint density at radius 3 is 2.04 bits per heavy atom. The van der Waals surface area contributed by atoms with Crippen LogP contribution in [-0.2, 0) is 33.3 Å². The number of nitrogens with one attached hydrogen (secondary N) is 1. The van der Waals surface area contributed by atoms with E-state index >= 15 is 0 Å². The van der Waals surface area contributed by atoms with Gasteiger partial charge in [-0.3, -0.25) is 8.98 Å². The van der Waals surface area contributed by atoms with E-state index in [1.807, 2.05) is 6.92 Å². The monoisotopic (exact) mass is 653 g/mol. The molecule has 1 fully saturated rings. The van der Waals surface area contributed by atoms with Gasteiger partial charge >= 0.3 is 12.1 Å². The molecule has 1 N–H and O–H groups in total. The molecule has 9 nitrogen and oxygen atoms in total. The summed E-state index contributed by atoms with van der Waals surface area (Å²) in [4.78, 5) is 24.3. The molecule has 1 amide bonds. The molecule has 0 radical (unpaired) electrons. The second kappa shape index (κ2) is 24.1. The van der Waals surface area contributed by atoms with Crippen LogP contribution >= 0.6 is 0 Å². The van der Waals surface area contributed by atoms with Crippen molar-refractivity contribution in [3.05, 3.63) is 29.8 Å². The van der Waals surface area contributed by atoms with Gasteiger partial charge in [0.25, 0.3) is 10.1 Å². The zero-order valence-corrected chi connectivity index (χ0v) is 28.7. The van der Waals surface area contributed by atoms with E-state index in [1.54, 1.807) is 12.1 Å². The molecular weight excluding hydrogens is 594 g/mol. The predicted octanol–water partition coefficient (Wildman–Crippen LogP) is 8.03. The van der Waals surface area contributed by atoms with Gasteiger partial charge in [0.1, 0.15) is 6.61 Å². The summed E-state index contributed by atoms with van der Waals surface area (Å²) in [6, 6.07) is 6.52. The number of esters is 1. The van der Waals surface area contributed by atoms with Crippen LogP contribution in [0, 0.1) is 12.8 Å². The molecule has 45 heavy (non-hydrogen) atoms. The number of aryl methyl sites for hydroxylation is 1. The molecule has 1 heterocycles. The Morgan fingerprint density at radius 1 is 0.800 bits per heavy atom. The SMILES string of the molecule is CCCCCCCCCCCCCCCNC(=O)OC[C@@H]1CO[C@@H](COC(=O)CCCCCOS(=O)(=O)c2ccc(C)cc2)C1. The molecule has 1 aliphatic rings. The number of hydrogen-bond donors (Lipinski definition) is 1. The van der Waals surface area contributed by atoms with Crippen molar-refractivity contribution < 1.29 is 36.4 Å². The van der Waals surface area contributed by atoms with Crippen LogP contribution in [0.4, 0.5) is 4.79 Å². The number of unbranched alkanes of at least 4 members (excludes halogenated alkanes) is 14. The molecule has 1 aliphatic heterocycles. The molecule has 258 valence electrons. The topological polar surface area (TPSA) is 117 Å². The summed E-state index contributed by atoms with van der Waals surface area (Å²) in [5, 5.41) is 2.84. The van der Waals surface area contributed by atoms with Crippen LogP contribution in [0.3, 0.4) is 0 Å². The fourth-order valence-electron chi connectivity index (χ4n) is 5.34. The molecule has 0 saturated carbocycles. The van der Waals surface area contributed by atoms with Gasteiger partial charge in [0.15, 0.2) is 0 Å². The van der Waals surface area contributed by atoms with Crippen LogP contribution in [-0.4, -0.2) is 59.6 Å². The van der Waals surface area contributed by atoms with E-state index in [0.717, 1.165) is 18.4 Å². The van der Waals surface area contributed by atoms with E-state index in [2.05, 4.69) is 12.2 Å². The fraction of sp³-hybridized carbons (Fsp3) is 0.771. The summed E-state index contributed by atoms with van der Waals surface area (Å²) >= 11 is 0. The van der Waals surface area contributed by atoms with Gasteiger partial charge in [-0.05, 0) is 44.7 Å². The van der Waals surface area contributed by atoms with Crippen molar-refractivity contribution in [3.8, 4) is 0 Å². The third-order valence-electron chi connectivity index (χ3n) is 8.17. The highest BCUT2D eigenvalue weighted by atomic mass is 32.2. The van der Waals surface area contributed by atoms with E-state index in [9.17, 15) is 18.0 Å². The highest BCUT2D eigenvalue weighted by Crippen LogP contribution is 2.21. The minimum absolute atomic E-state index is 0.0715. The van der Waals surface area contributed by atoms with Crippen LogP contribution in [0.1, 0.15) is 128 Å². The van der Waals surface area contributed by atoms with Gasteiger partial charge in [-0.2, -0.15) is 8.42 Å². The van der Waals surface area contributed by atoms with Gasteiger partial charge in [0, 0.05) is 18.9 Å². The lowest BCUT2D eigenvalue weighted by Crippen LogP contribution is -2.27. The first-order valence-corrected chi connectivity index (χ1v) is 18.8. The molecule has 1 saturated heterocycles. The highest BCUT2D eigenvalue weighted by Gasteiger charge is 2.27. The molecular formula is C35H59NO8S. The minimum Gasteiger partial charge on any atom is -0.463 e. The maximum Gasteiger partial charge on any atom is 0.407 e. The molecule has 1 aromatic carbocycles. The molecule has 0 aromatic heterocycles. The Hall–Kier alpha value is -2.17. The van der Waals surface area contributed by atoms with E-state index in [-0.39, 0.29) is 55.2 Å². The van der Waals surface area contributed by atoms with Gasteiger partial charge < -0.3 is 19.5 Å². The summed E-state index contributed by atoms with van der Waals surface area (Å²) in [6.45, 7) is 5.79. The Morgan fingerprint density at radius 2 is 1.40 bits per heavy atom. The zero-order chi connectivity index (χ0) is 32.6. The number of alkyl carbamates (subject to hydrolysis) is 1. The summed E-state index contributed by atoms with van der Waals surface area (Å²) in [5.74, 6) is -0.217. The molecule has 2 rings (SSSR count). The number of carbonyl (C=O) groups excluding carboxylic acids is 2. The van der Waals surface area contributed by atoms with Crippen LogP contribution in [0.25, 0.3) is 0 Å². The highest BCUT2D eigenvalue weighted by molar-refractivity contribution is 7.86. The van der Waals surface area contributed by atoms with Crippen molar-refractivity contribution in [2.75, 3.05) is 33.0 Å². The summed E-state index contributed by atoms with van der Waals surface area (Å²) < 4.78 is 45.9. The van der Waals surface area contributed by atoms with Gasteiger partial charge in [-0.15, -0.1) is 0 Å². The molecule has 2 atom stereocenters. The lowest BCUT2D eigenvalue weighted by atomic mass is 10.0. The number of hydrogen-bond acceptors (Lipinski definition) is 8. The number of rotatable bonds is 26. The van der Waals surface area contributed by atoms with E-state index in [4.69, 9.17) is 18.4 Å². The van der Waals surface area contributed by atoms with Crippen molar-refractivity contribution in [3.63, 3.8) is 0 Å². The largest absolute Gasteiger partial charge is 0.463 e. The number of carbonyl (C=O) groups is 2. The van der Waals surface area contributed by atoms with Gasteiger partial charge in [0.2, 0.25) is 0 Å².